The maximum atomic E-state index is 5.44. The monoisotopic (exact) mass is 373 g/mol. The summed E-state index contributed by atoms with van der Waals surface area (Å²) in [5.74, 6) is 1.12. The zero-order valence-corrected chi connectivity index (χ0v) is 15.8. The van der Waals surface area contributed by atoms with Gasteiger partial charge in [-0.3, -0.25) is 0 Å². The van der Waals surface area contributed by atoms with Crippen molar-refractivity contribution in [2.24, 2.45) is 0 Å². The Morgan fingerprint density at radius 3 is 2.61 bits per heavy atom. The Morgan fingerprint density at radius 1 is 0.893 bits per heavy atom. The third-order valence-corrected chi connectivity index (χ3v) is 5.43. The third-order valence-electron chi connectivity index (χ3n) is 5.43. The number of rotatable bonds is 5. The molecule has 3 heterocycles. The van der Waals surface area contributed by atoms with E-state index in [2.05, 4.69) is 30.7 Å². The average molecular weight is 373 g/mol. The van der Waals surface area contributed by atoms with Crippen LogP contribution < -0.4 is 0 Å². The Bertz CT molecular complexity index is 1060. The summed E-state index contributed by atoms with van der Waals surface area (Å²) in [7, 11) is 0. The van der Waals surface area contributed by atoms with Crippen LogP contribution in [0.25, 0.3) is 33.9 Å². The zero-order valence-electron chi connectivity index (χ0n) is 15.8. The predicted octanol–water partition coefficient (Wildman–Crippen LogP) is 4.24. The van der Waals surface area contributed by atoms with Crippen molar-refractivity contribution >= 4 is 11.0 Å². The second-order valence-electron chi connectivity index (χ2n) is 7.33. The second-order valence-corrected chi connectivity index (χ2v) is 7.33. The smallest absolute Gasteiger partial charge is 0.258 e. The molecule has 2 aromatic carbocycles. The van der Waals surface area contributed by atoms with E-state index in [0.29, 0.717) is 11.7 Å². The summed E-state index contributed by atoms with van der Waals surface area (Å²) < 4.78 is 7.67. The summed E-state index contributed by atoms with van der Waals surface area (Å²) in [5, 5.41) is 4.15. The first-order valence-electron chi connectivity index (χ1n) is 9.93. The van der Waals surface area contributed by atoms with Gasteiger partial charge in [-0.25, -0.2) is 4.98 Å². The number of fused-ring (bicyclic) bond motifs is 1. The van der Waals surface area contributed by atoms with Gasteiger partial charge >= 0.3 is 0 Å². The maximum absolute atomic E-state index is 5.44. The Hall–Kier alpha value is -2.99. The van der Waals surface area contributed by atoms with Crippen LogP contribution in [0.2, 0.25) is 0 Å². The van der Waals surface area contributed by atoms with Crippen molar-refractivity contribution in [3.05, 3.63) is 54.9 Å². The summed E-state index contributed by atoms with van der Waals surface area (Å²) >= 11 is 0. The number of imidazole rings is 1. The molecule has 4 aromatic rings. The molecule has 0 aliphatic carbocycles. The van der Waals surface area contributed by atoms with Gasteiger partial charge in [-0.15, -0.1) is 0 Å². The van der Waals surface area contributed by atoms with Crippen LogP contribution in [0.3, 0.4) is 0 Å². The minimum Gasteiger partial charge on any atom is -0.334 e. The largest absolute Gasteiger partial charge is 0.334 e. The quantitative estimate of drug-likeness (QED) is 0.524. The lowest BCUT2D eigenvalue weighted by molar-refractivity contribution is 0.221. The molecule has 0 radical (unpaired) electrons. The van der Waals surface area contributed by atoms with Crippen molar-refractivity contribution in [1.29, 1.82) is 0 Å². The first kappa shape index (κ1) is 17.1. The van der Waals surface area contributed by atoms with Crippen LogP contribution >= 0.6 is 0 Å². The van der Waals surface area contributed by atoms with Crippen LogP contribution in [0.1, 0.15) is 19.3 Å². The normalized spacial score (nSPS) is 15.3. The molecular formula is C22H23N5O. The summed E-state index contributed by atoms with van der Waals surface area (Å²) in [6.07, 6.45) is 5.95. The van der Waals surface area contributed by atoms with Gasteiger partial charge in [-0.1, -0.05) is 29.8 Å². The number of hydrogen-bond acceptors (Lipinski definition) is 5. The molecule has 0 spiro atoms. The number of hydrogen-bond donors (Lipinski definition) is 0. The number of piperidine rings is 1. The molecular weight excluding hydrogens is 350 g/mol. The molecule has 0 unspecified atom stereocenters. The van der Waals surface area contributed by atoms with Gasteiger partial charge in [0.05, 0.1) is 17.4 Å². The SMILES string of the molecule is c1ccc(-c2nc(-c3ccc4c(c3)ncn4CCN3CCCCC3)no2)cc1. The number of benzene rings is 2. The minimum atomic E-state index is 0.530. The van der Waals surface area contributed by atoms with E-state index in [1.165, 1.54) is 32.4 Å². The zero-order chi connectivity index (χ0) is 18.8. The van der Waals surface area contributed by atoms with Crippen molar-refractivity contribution < 1.29 is 4.52 Å². The maximum Gasteiger partial charge on any atom is 0.258 e. The van der Waals surface area contributed by atoms with Crippen molar-refractivity contribution in [3.8, 4) is 22.8 Å². The van der Waals surface area contributed by atoms with E-state index in [4.69, 9.17) is 4.52 Å². The lowest BCUT2D eigenvalue weighted by atomic mass is 10.1. The Morgan fingerprint density at radius 2 is 1.75 bits per heavy atom. The van der Waals surface area contributed by atoms with Crippen LogP contribution in [0.15, 0.2) is 59.4 Å². The molecule has 6 heteroatoms. The van der Waals surface area contributed by atoms with Gasteiger partial charge in [0.2, 0.25) is 5.82 Å². The van der Waals surface area contributed by atoms with E-state index in [1.807, 2.05) is 48.8 Å². The number of nitrogens with zero attached hydrogens (tertiary/aromatic N) is 5. The lowest BCUT2D eigenvalue weighted by Gasteiger charge is -2.26. The number of likely N-dealkylation sites (tertiary alicyclic amines) is 1. The van der Waals surface area contributed by atoms with Crippen molar-refractivity contribution in [2.45, 2.75) is 25.8 Å². The number of aromatic nitrogens is 4. The highest BCUT2D eigenvalue weighted by Gasteiger charge is 2.13. The fourth-order valence-corrected chi connectivity index (χ4v) is 3.85. The fourth-order valence-electron chi connectivity index (χ4n) is 3.85. The van der Waals surface area contributed by atoms with Crippen LogP contribution in [0.4, 0.5) is 0 Å². The van der Waals surface area contributed by atoms with Crippen molar-refractivity contribution in [3.63, 3.8) is 0 Å². The summed E-state index contributed by atoms with van der Waals surface area (Å²) in [4.78, 5) is 11.7. The predicted molar refractivity (Wildman–Crippen MR) is 109 cm³/mol. The van der Waals surface area contributed by atoms with Gasteiger partial charge in [0.1, 0.15) is 0 Å². The fraction of sp³-hybridized carbons (Fsp3) is 0.318. The molecule has 0 bridgehead atoms. The standard InChI is InChI=1S/C22H23N5O/c1-3-7-17(8-4-1)22-24-21(25-28-22)18-9-10-20-19(15-18)23-16-27(20)14-13-26-11-5-2-6-12-26/h1,3-4,7-10,15-16H,2,5-6,11-14H2. The van der Waals surface area contributed by atoms with Crippen LogP contribution in [-0.2, 0) is 6.54 Å². The van der Waals surface area contributed by atoms with E-state index in [-0.39, 0.29) is 0 Å². The topological polar surface area (TPSA) is 60.0 Å². The molecule has 1 aliphatic rings. The van der Waals surface area contributed by atoms with E-state index < -0.39 is 0 Å². The summed E-state index contributed by atoms with van der Waals surface area (Å²) in [5.41, 5.74) is 3.94. The Balaban J connectivity index is 1.35. The van der Waals surface area contributed by atoms with Crippen LogP contribution in [0.5, 0.6) is 0 Å². The second kappa shape index (κ2) is 7.56. The summed E-state index contributed by atoms with van der Waals surface area (Å²) in [6, 6.07) is 16.0. The van der Waals surface area contributed by atoms with E-state index in [0.717, 1.165) is 35.2 Å². The molecule has 1 saturated heterocycles. The van der Waals surface area contributed by atoms with Gasteiger partial charge in [-0.05, 0) is 56.3 Å². The average Bonchev–Trinajstić information content (AvgIpc) is 3.41. The Labute approximate surface area is 163 Å². The molecule has 1 aliphatic heterocycles. The van der Waals surface area contributed by atoms with E-state index in [9.17, 15) is 0 Å². The molecule has 0 N–H and O–H groups in total. The highest BCUT2D eigenvalue weighted by atomic mass is 16.5. The van der Waals surface area contributed by atoms with E-state index in [1.54, 1.807) is 0 Å². The van der Waals surface area contributed by atoms with Crippen LogP contribution in [0, 0.1) is 0 Å². The molecule has 6 nitrogen and oxygen atoms in total. The minimum absolute atomic E-state index is 0.530. The van der Waals surface area contributed by atoms with Crippen LogP contribution in [-0.4, -0.2) is 44.2 Å². The van der Waals surface area contributed by atoms with Gasteiger partial charge in [0.25, 0.3) is 5.89 Å². The van der Waals surface area contributed by atoms with Gasteiger partial charge < -0.3 is 14.0 Å². The van der Waals surface area contributed by atoms with E-state index >= 15 is 0 Å². The highest BCUT2D eigenvalue weighted by Crippen LogP contribution is 2.25. The first-order valence-corrected chi connectivity index (χ1v) is 9.93. The first-order chi connectivity index (χ1) is 13.9. The molecule has 2 aromatic heterocycles. The third kappa shape index (κ3) is 3.43. The van der Waals surface area contributed by atoms with Gasteiger partial charge in [0.15, 0.2) is 0 Å². The van der Waals surface area contributed by atoms with Gasteiger partial charge in [0, 0.05) is 24.2 Å². The molecule has 5 rings (SSSR count). The molecule has 0 atom stereocenters. The molecule has 142 valence electrons. The molecule has 28 heavy (non-hydrogen) atoms. The Kier molecular flexibility index (Phi) is 4.62. The lowest BCUT2D eigenvalue weighted by Crippen LogP contribution is -2.32. The molecule has 0 saturated carbocycles. The van der Waals surface area contributed by atoms with Gasteiger partial charge in [-0.2, -0.15) is 4.98 Å². The highest BCUT2D eigenvalue weighted by molar-refractivity contribution is 5.80. The summed E-state index contributed by atoms with van der Waals surface area (Å²) in [6.45, 7) is 4.49. The molecule has 1 fully saturated rings. The van der Waals surface area contributed by atoms with Crippen molar-refractivity contribution in [2.75, 3.05) is 19.6 Å². The van der Waals surface area contributed by atoms with Crippen molar-refractivity contribution in [1.82, 2.24) is 24.6 Å². The molecule has 0 amide bonds.